The van der Waals surface area contributed by atoms with Gasteiger partial charge in [-0.2, -0.15) is 0 Å². The highest BCUT2D eigenvalue weighted by molar-refractivity contribution is 5.23. The van der Waals surface area contributed by atoms with Crippen LogP contribution in [0.25, 0.3) is 0 Å². The largest absolute Gasteiger partial charge is 0.307 e. The molecule has 1 fully saturated rings. The molecular weight excluding hydrogens is 244 g/mol. The van der Waals surface area contributed by atoms with E-state index in [0.717, 1.165) is 0 Å². The van der Waals surface area contributed by atoms with Crippen molar-refractivity contribution in [3.05, 3.63) is 35.4 Å². The molecule has 1 saturated heterocycles. The number of hydrogen-bond donors (Lipinski definition) is 1. The molecule has 0 saturated carbocycles. The number of nitrogens with zero attached hydrogens (tertiary/aromatic N) is 1. The third kappa shape index (κ3) is 4.60. The van der Waals surface area contributed by atoms with Crippen LogP contribution in [0.4, 0.5) is 0 Å². The Labute approximate surface area is 124 Å². The maximum atomic E-state index is 3.80. The van der Waals surface area contributed by atoms with E-state index in [4.69, 9.17) is 0 Å². The summed E-state index contributed by atoms with van der Waals surface area (Å²) in [6.07, 6.45) is 5.24. The SMILES string of the molecule is CCCCN1CCC(NC(C)c2ccc(C)cc2)CC1. The molecule has 1 atom stereocenters. The van der Waals surface area contributed by atoms with E-state index in [1.165, 1.54) is 56.4 Å². The quantitative estimate of drug-likeness (QED) is 0.846. The Balaban J connectivity index is 1.76. The van der Waals surface area contributed by atoms with Gasteiger partial charge in [0, 0.05) is 12.1 Å². The molecule has 1 N–H and O–H groups in total. The Kier molecular flexibility index (Phi) is 6.06. The van der Waals surface area contributed by atoms with Crippen molar-refractivity contribution in [1.82, 2.24) is 10.2 Å². The summed E-state index contributed by atoms with van der Waals surface area (Å²) in [6, 6.07) is 10.1. The van der Waals surface area contributed by atoms with Gasteiger partial charge in [-0.05, 0) is 58.3 Å². The van der Waals surface area contributed by atoms with E-state index in [1.54, 1.807) is 0 Å². The predicted molar refractivity (Wildman–Crippen MR) is 87.1 cm³/mol. The van der Waals surface area contributed by atoms with Crippen LogP contribution >= 0.6 is 0 Å². The number of nitrogens with one attached hydrogen (secondary N) is 1. The first-order chi connectivity index (χ1) is 9.69. The first-order valence-corrected chi connectivity index (χ1v) is 8.24. The molecule has 1 aromatic carbocycles. The Morgan fingerprint density at radius 3 is 2.45 bits per heavy atom. The van der Waals surface area contributed by atoms with E-state index in [0.29, 0.717) is 12.1 Å². The van der Waals surface area contributed by atoms with Crippen LogP contribution in [0.2, 0.25) is 0 Å². The first kappa shape index (κ1) is 15.5. The molecule has 1 aromatic rings. The van der Waals surface area contributed by atoms with Gasteiger partial charge in [0.2, 0.25) is 0 Å². The van der Waals surface area contributed by atoms with E-state index in [1.807, 2.05) is 0 Å². The number of unbranched alkanes of at least 4 members (excludes halogenated alkanes) is 1. The van der Waals surface area contributed by atoms with E-state index < -0.39 is 0 Å². The zero-order valence-electron chi connectivity index (χ0n) is 13.4. The smallest absolute Gasteiger partial charge is 0.0294 e. The number of aryl methyl sites for hydroxylation is 1. The van der Waals surface area contributed by atoms with E-state index in [-0.39, 0.29) is 0 Å². The maximum absolute atomic E-state index is 3.80. The van der Waals surface area contributed by atoms with Crippen molar-refractivity contribution in [3.63, 3.8) is 0 Å². The fourth-order valence-electron chi connectivity index (χ4n) is 3.01. The summed E-state index contributed by atoms with van der Waals surface area (Å²) in [6.45, 7) is 10.5. The summed E-state index contributed by atoms with van der Waals surface area (Å²) in [5, 5.41) is 3.80. The summed E-state index contributed by atoms with van der Waals surface area (Å²) in [5.74, 6) is 0. The van der Waals surface area contributed by atoms with Crippen molar-refractivity contribution < 1.29 is 0 Å². The summed E-state index contributed by atoms with van der Waals surface area (Å²) < 4.78 is 0. The Morgan fingerprint density at radius 2 is 1.85 bits per heavy atom. The van der Waals surface area contributed by atoms with E-state index >= 15 is 0 Å². The second-order valence-electron chi connectivity index (χ2n) is 6.27. The van der Waals surface area contributed by atoms with Crippen molar-refractivity contribution in [3.8, 4) is 0 Å². The predicted octanol–water partition coefficient (Wildman–Crippen LogP) is 3.91. The molecule has 1 heterocycles. The molecule has 0 amide bonds. The topological polar surface area (TPSA) is 15.3 Å². The average molecular weight is 274 g/mol. The van der Waals surface area contributed by atoms with Crippen molar-refractivity contribution in [2.75, 3.05) is 19.6 Å². The zero-order valence-corrected chi connectivity index (χ0v) is 13.4. The summed E-state index contributed by atoms with van der Waals surface area (Å²) in [7, 11) is 0. The normalized spacial score (nSPS) is 19.1. The van der Waals surface area contributed by atoms with Crippen molar-refractivity contribution in [2.24, 2.45) is 0 Å². The molecular formula is C18H30N2. The fraction of sp³-hybridized carbons (Fsp3) is 0.667. The van der Waals surface area contributed by atoms with Crippen LogP contribution in [-0.2, 0) is 0 Å². The number of rotatable bonds is 6. The molecule has 2 rings (SSSR count). The van der Waals surface area contributed by atoms with Gasteiger partial charge in [-0.15, -0.1) is 0 Å². The van der Waals surface area contributed by atoms with Gasteiger partial charge < -0.3 is 10.2 Å². The van der Waals surface area contributed by atoms with Crippen LogP contribution in [0.1, 0.15) is 56.7 Å². The summed E-state index contributed by atoms with van der Waals surface area (Å²) >= 11 is 0. The number of hydrogen-bond acceptors (Lipinski definition) is 2. The fourth-order valence-corrected chi connectivity index (χ4v) is 3.01. The third-order valence-electron chi connectivity index (χ3n) is 4.48. The summed E-state index contributed by atoms with van der Waals surface area (Å²) in [5.41, 5.74) is 2.74. The van der Waals surface area contributed by atoms with Gasteiger partial charge in [-0.25, -0.2) is 0 Å². The molecule has 0 spiro atoms. The lowest BCUT2D eigenvalue weighted by molar-refractivity contribution is 0.190. The second kappa shape index (κ2) is 7.80. The van der Waals surface area contributed by atoms with Gasteiger partial charge in [0.1, 0.15) is 0 Å². The lowest BCUT2D eigenvalue weighted by atomic mass is 10.0. The van der Waals surface area contributed by atoms with Gasteiger partial charge in [0.25, 0.3) is 0 Å². The highest BCUT2D eigenvalue weighted by Gasteiger charge is 2.20. The monoisotopic (exact) mass is 274 g/mol. The molecule has 0 aromatic heterocycles. The van der Waals surface area contributed by atoms with Gasteiger partial charge in [-0.3, -0.25) is 0 Å². The Hall–Kier alpha value is -0.860. The maximum Gasteiger partial charge on any atom is 0.0294 e. The molecule has 2 heteroatoms. The molecule has 1 unspecified atom stereocenters. The van der Waals surface area contributed by atoms with Gasteiger partial charge >= 0.3 is 0 Å². The van der Waals surface area contributed by atoms with E-state index in [9.17, 15) is 0 Å². The lowest BCUT2D eigenvalue weighted by Crippen LogP contribution is -2.43. The number of piperidine rings is 1. The van der Waals surface area contributed by atoms with Crippen molar-refractivity contribution >= 4 is 0 Å². The van der Waals surface area contributed by atoms with Crippen LogP contribution in [0.15, 0.2) is 24.3 Å². The lowest BCUT2D eigenvalue weighted by Gasteiger charge is -2.34. The molecule has 1 aliphatic heterocycles. The molecule has 0 aliphatic carbocycles. The molecule has 0 radical (unpaired) electrons. The second-order valence-corrected chi connectivity index (χ2v) is 6.27. The highest BCUT2D eigenvalue weighted by atomic mass is 15.1. The van der Waals surface area contributed by atoms with Crippen molar-refractivity contribution in [2.45, 2.75) is 58.5 Å². The highest BCUT2D eigenvalue weighted by Crippen LogP contribution is 2.18. The van der Waals surface area contributed by atoms with Crippen LogP contribution < -0.4 is 5.32 Å². The average Bonchev–Trinajstić information content (AvgIpc) is 2.47. The minimum absolute atomic E-state index is 0.461. The minimum Gasteiger partial charge on any atom is -0.307 e. The first-order valence-electron chi connectivity index (χ1n) is 8.24. The van der Waals surface area contributed by atoms with Crippen LogP contribution in [-0.4, -0.2) is 30.6 Å². The van der Waals surface area contributed by atoms with E-state index in [2.05, 4.69) is 55.3 Å². The minimum atomic E-state index is 0.461. The molecule has 2 nitrogen and oxygen atoms in total. The number of likely N-dealkylation sites (tertiary alicyclic amines) is 1. The molecule has 20 heavy (non-hydrogen) atoms. The zero-order chi connectivity index (χ0) is 14.4. The van der Waals surface area contributed by atoms with Gasteiger partial charge in [-0.1, -0.05) is 43.2 Å². The number of benzene rings is 1. The van der Waals surface area contributed by atoms with Crippen LogP contribution in [0, 0.1) is 6.92 Å². The standard InChI is InChI=1S/C18H30N2/c1-4-5-12-20-13-10-18(11-14-20)19-16(3)17-8-6-15(2)7-9-17/h6-9,16,18-19H,4-5,10-14H2,1-3H3. The summed E-state index contributed by atoms with van der Waals surface area (Å²) in [4.78, 5) is 2.62. The van der Waals surface area contributed by atoms with Crippen LogP contribution in [0.5, 0.6) is 0 Å². The van der Waals surface area contributed by atoms with Crippen molar-refractivity contribution in [1.29, 1.82) is 0 Å². The van der Waals surface area contributed by atoms with Crippen LogP contribution in [0.3, 0.4) is 0 Å². The third-order valence-corrected chi connectivity index (χ3v) is 4.48. The van der Waals surface area contributed by atoms with Gasteiger partial charge in [0.05, 0.1) is 0 Å². The van der Waals surface area contributed by atoms with Gasteiger partial charge in [0.15, 0.2) is 0 Å². The molecule has 1 aliphatic rings. The molecule has 0 bridgehead atoms. The Bertz CT molecular complexity index is 377. The Morgan fingerprint density at radius 1 is 1.20 bits per heavy atom. The molecule has 112 valence electrons.